The molecule has 0 unspecified atom stereocenters. The van der Waals surface area contributed by atoms with Gasteiger partial charge < -0.3 is 4.74 Å². The molecule has 2 heterocycles. The van der Waals surface area contributed by atoms with Gasteiger partial charge in [0.05, 0.1) is 6.20 Å². The van der Waals surface area contributed by atoms with Gasteiger partial charge in [0, 0.05) is 19.1 Å². The molecule has 0 radical (unpaired) electrons. The highest BCUT2D eigenvalue weighted by atomic mass is 19.1. The van der Waals surface area contributed by atoms with E-state index in [4.69, 9.17) is 4.74 Å². The second-order valence-corrected chi connectivity index (χ2v) is 4.96. The predicted molar refractivity (Wildman–Crippen MR) is 64.5 cm³/mol. The maximum atomic E-state index is 12.6. The number of hydrogen-bond acceptors (Lipinski definition) is 3. The summed E-state index contributed by atoms with van der Waals surface area (Å²) < 4.78 is 18.2. The van der Waals surface area contributed by atoms with Gasteiger partial charge in [0.15, 0.2) is 0 Å². The molecule has 1 fully saturated rings. The van der Waals surface area contributed by atoms with Gasteiger partial charge in [0.1, 0.15) is 12.4 Å². The number of hydrogen-bond donors (Lipinski definition) is 0. The van der Waals surface area contributed by atoms with Gasteiger partial charge in [-0.15, -0.1) is 0 Å². The number of ether oxygens (including phenoxy) is 1. The van der Waals surface area contributed by atoms with Gasteiger partial charge in [-0.3, -0.25) is 4.90 Å². The Bertz CT molecular complexity index is 353. The fraction of sp³-hybridized carbons (Fsp3) is 0.615. The van der Waals surface area contributed by atoms with Crippen molar-refractivity contribution in [2.45, 2.75) is 26.3 Å². The molecule has 0 aliphatic carbocycles. The summed E-state index contributed by atoms with van der Waals surface area (Å²) in [6.07, 6.45) is 2.61. The van der Waals surface area contributed by atoms with E-state index in [9.17, 15) is 4.39 Å². The van der Waals surface area contributed by atoms with Crippen LogP contribution in [0.3, 0.4) is 0 Å². The minimum absolute atomic E-state index is 0.470. The first-order valence-electron chi connectivity index (χ1n) is 6.13. The molecular weight excluding hydrogens is 219 g/mol. The smallest absolute Gasteiger partial charge is 0.213 e. The standard InChI is InChI=1S/C13H19FN2O/c1-10(2)8-16-6-5-11(16)9-17-12-3-4-13(14)15-7-12/h3-4,7,10-11H,5-6,8-9H2,1-2H3/t11-/m0/s1. The summed E-state index contributed by atoms with van der Waals surface area (Å²) in [5.41, 5.74) is 0. The maximum Gasteiger partial charge on any atom is 0.213 e. The van der Waals surface area contributed by atoms with E-state index < -0.39 is 5.95 Å². The van der Waals surface area contributed by atoms with Crippen LogP contribution in [0.1, 0.15) is 20.3 Å². The summed E-state index contributed by atoms with van der Waals surface area (Å²) in [5, 5.41) is 0. The monoisotopic (exact) mass is 238 g/mol. The van der Waals surface area contributed by atoms with Crippen LogP contribution in [-0.4, -0.2) is 35.6 Å². The van der Waals surface area contributed by atoms with Gasteiger partial charge in [0.25, 0.3) is 0 Å². The van der Waals surface area contributed by atoms with Crippen LogP contribution < -0.4 is 4.74 Å². The number of aromatic nitrogens is 1. The molecule has 0 spiro atoms. The van der Waals surface area contributed by atoms with Crippen molar-refractivity contribution in [3.8, 4) is 5.75 Å². The van der Waals surface area contributed by atoms with Crippen LogP contribution in [0.25, 0.3) is 0 Å². The zero-order valence-electron chi connectivity index (χ0n) is 10.4. The molecule has 0 bridgehead atoms. The Labute approximate surface area is 102 Å². The van der Waals surface area contributed by atoms with Gasteiger partial charge in [0.2, 0.25) is 5.95 Å². The van der Waals surface area contributed by atoms with Gasteiger partial charge in [-0.25, -0.2) is 4.98 Å². The number of nitrogens with zero attached hydrogens (tertiary/aromatic N) is 2. The molecule has 3 nitrogen and oxygen atoms in total. The highest BCUT2D eigenvalue weighted by Crippen LogP contribution is 2.20. The van der Waals surface area contributed by atoms with Crippen molar-refractivity contribution in [3.05, 3.63) is 24.3 Å². The van der Waals surface area contributed by atoms with Crippen molar-refractivity contribution in [3.63, 3.8) is 0 Å². The zero-order chi connectivity index (χ0) is 12.3. The minimum atomic E-state index is -0.470. The number of likely N-dealkylation sites (tertiary alicyclic amines) is 1. The second-order valence-electron chi connectivity index (χ2n) is 4.96. The van der Waals surface area contributed by atoms with E-state index in [2.05, 4.69) is 23.7 Å². The molecule has 17 heavy (non-hydrogen) atoms. The average Bonchev–Trinajstić information content (AvgIpc) is 2.27. The molecule has 4 heteroatoms. The highest BCUT2D eigenvalue weighted by molar-refractivity contribution is 5.16. The molecule has 0 N–H and O–H groups in total. The molecule has 1 atom stereocenters. The van der Waals surface area contributed by atoms with Gasteiger partial charge >= 0.3 is 0 Å². The number of pyridine rings is 1. The molecule has 2 rings (SSSR count). The summed E-state index contributed by atoms with van der Waals surface area (Å²) in [6, 6.07) is 3.44. The zero-order valence-corrected chi connectivity index (χ0v) is 10.4. The second kappa shape index (κ2) is 5.45. The molecule has 1 aromatic rings. The Balaban J connectivity index is 1.77. The van der Waals surface area contributed by atoms with Crippen molar-refractivity contribution >= 4 is 0 Å². The van der Waals surface area contributed by atoms with E-state index >= 15 is 0 Å². The maximum absolute atomic E-state index is 12.6. The third-order valence-corrected chi connectivity index (χ3v) is 3.01. The normalized spacial score (nSPS) is 20.4. The first-order valence-corrected chi connectivity index (χ1v) is 6.13. The lowest BCUT2D eigenvalue weighted by Gasteiger charge is -2.41. The Hall–Kier alpha value is -1.16. The van der Waals surface area contributed by atoms with Gasteiger partial charge in [-0.1, -0.05) is 13.8 Å². The van der Waals surface area contributed by atoms with Crippen LogP contribution in [0.4, 0.5) is 4.39 Å². The number of rotatable bonds is 5. The van der Waals surface area contributed by atoms with Crippen molar-refractivity contribution in [2.75, 3.05) is 19.7 Å². The van der Waals surface area contributed by atoms with Crippen LogP contribution in [0.15, 0.2) is 18.3 Å². The molecule has 1 aliphatic heterocycles. The third-order valence-electron chi connectivity index (χ3n) is 3.01. The summed E-state index contributed by atoms with van der Waals surface area (Å²) in [6.45, 7) is 7.39. The Kier molecular flexibility index (Phi) is 3.94. The SMILES string of the molecule is CC(C)CN1CC[C@H]1COc1ccc(F)nc1. The van der Waals surface area contributed by atoms with Crippen LogP contribution in [-0.2, 0) is 0 Å². The first kappa shape index (κ1) is 12.3. The first-order chi connectivity index (χ1) is 8.15. The Morgan fingerprint density at radius 1 is 1.53 bits per heavy atom. The lowest BCUT2D eigenvalue weighted by molar-refractivity contribution is 0.0407. The largest absolute Gasteiger partial charge is 0.490 e. The van der Waals surface area contributed by atoms with Crippen LogP contribution in [0.5, 0.6) is 5.75 Å². The van der Waals surface area contributed by atoms with E-state index in [1.807, 2.05) is 0 Å². The molecule has 0 saturated carbocycles. The summed E-state index contributed by atoms with van der Waals surface area (Å²) in [5.74, 6) is 0.857. The Morgan fingerprint density at radius 2 is 2.35 bits per heavy atom. The van der Waals surface area contributed by atoms with Gasteiger partial charge in [-0.05, 0) is 24.5 Å². The molecule has 94 valence electrons. The summed E-state index contributed by atoms with van der Waals surface area (Å²) in [4.78, 5) is 6.00. The van der Waals surface area contributed by atoms with Gasteiger partial charge in [-0.2, -0.15) is 4.39 Å². The minimum Gasteiger partial charge on any atom is -0.490 e. The van der Waals surface area contributed by atoms with Crippen molar-refractivity contribution in [1.82, 2.24) is 9.88 Å². The molecule has 0 amide bonds. The number of halogens is 1. The van der Waals surface area contributed by atoms with Crippen LogP contribution in [0, 0.1) is 11.9 Å². The van der Waals surface area contributed by atoms with Crippen molar-refractivity contribution < 1.29 is 9.13 Å². The predicted octanol–water partition coefficient (Wildman–Crippen LogP) is 2.33. The fourth-order valence-electron chi connectivity index (χ4n) is 2.03. The molecule has 1 aliphatic rings. The summed E-state index contributed by atoms with van der Waals surface area (Å²) in [7, 11) is 0. The van der Waals surface area contributed by atoms with E-state index in [0.717, 1.165) is 13.1 Å². The van der Waals surface area contributed by atoms with Crippen molar-refractivity contribution in [1.29, 1.82) is 0 Å². The quantitative estimate of drug-likeness (QED) is 0.736. The molecule has 1 aromatic heterocycles. The lowest BCUT2D eigenvalue weighted by Crippen LogP contribution is -2.52. The lowest BCUT2D eigenvalue weighted by atomic mass is 10.0. The van der Waals surface area contributed by atoms with E-state index in [-0.39, 0.29) is 0 Å². The Morgan fingerprint density at radius 3 is 2.88 bits per heavy atom. The summed E-state index contributed by atoms with van der Waals surface area (Å²) >= 11 is 0. The van der Waals surface area contributed by atoms with Crippen molar-refractivity contribution in [2.24, 2.45) is 5.92 Å². The van der Waals surface area contributed by atoms with Crippen LogP contribution in [0.2, 0.25) is 0 Å². The van der Waals surface area contributed by atoms with E-state index in [1.165, 1.54) is 18.7 Å². The van der Waals surface area contributed by atoms with E-state index in [1.54, 1.807) is 6.07 Å². The topological polar surface area (TPSA) is 25.4 Å². The van der Waals surface area contributed by atoms with E-state index in [0.29, 0.717) is 24.3 Å². The highest BCUT2D eigenvalue weighted by Gasteiger charge is 2.28. The average molecular weight is 238 g/mol. The third kappa shape index (κ3) is 3.40. The van der Waals surface area contributed by atoms with Crippen LogP contribution >= 0.6 is 0 Å². The molecular formula is C13H19FN2O. The molecule has 1 saturated heterocycles. The fourth-order valence-corrected chi connectivity index (χ4v) is 2.03. The molecule has 0 aromatic carbocycles.